The molecule has 3 aromatic carbocycles. The molecule has 4 N–H and O–H groups in total. The van der Waals surface area contributed by atoms with Crippen LogP contribution in [0.4, 0.5) is 10.5 Å². The number of nitrogens with one attached hydrogen (secondary N) is 1. The molecule has 0 aromatic heterocycles. The van der Waals surface area contributed by atoms with E-state index in [-0.39, 0.29) is 52.2 Å². The number of aromatic hydroxyl groups is 2. The first kappa shape index (κ1) is 25.5. The van der Waals surface area contributed by atoms with Crippen LogP contribution in [0, 0.1) is 0 Å². The molecule has 2 aliphatic rings. The molecule has 0 heterocycles. The van der Waals surface area contributed by atoms with Crippen LogP contribution in [-0.2, 0) is 11.2 Å². The molecule has 0 aliphatic heterocycles. The molecular weight excluding hydrogens is 509 g/mol. The Hall–Kier alpha value is -3.59. The number of anilines is 1. The summed E-state index contributed by atoms with van der Waals surface area (Å²) in [5, 5.41) is 36.3. The van der Waals surface area contributed by atoms with Crippen molar-refractivity contribution < 1.29 is 34.4 Å². The van der Waals surface area contributed by atoms with Crippen molar-refractivity contribution >= 4 is 47.4 Å². The highest BCUT2D eigenvalue weighted by Gasteiger charge is 2.46. The van der Waals surface area contributed by atoms with E-state index in [0.717, 1.165) is 0 Å². The fourth-order valence-electron chi connectivity index (χ4n) is 4.95. The Morgan fingerprint density at radius 2 is 1.56 bits per heavy atom. The minimum atomic E-state index is -2.04. The number of carbonyl (C=O) groups excluding carboxylic acids is 3. The predicted molar refractivity (Wildman–Crippen MR) is 134 cm³/mol. The Kier molecular flexibility index (Phi) is 6.47. The molecule has 0 bridgehead atoms. The van der Waals surface area contributed by atoms with E-state index in [1.807, 2.05) is 0 Å². The van der Waals surface area contributed by atoms with Crippen molar-refractivity contribution in [1.29, 1.82) is 0 Å². The molecule has 10 heteroatoms. The van der Waals surface area contributed by atoms with Crippen LogP contribution in [0.15, 0.2) is 48.5 Å². The largest absolute Gasteiger partial charge is 0.507 e. The maximum atomic E-state index is 13.2. The number of ether oxygens (including phenoxy) is 1. The molecule has 186 valence electrons. The first-order chi connectivity index (χ1) is 16.6. The summed E-state index contributed by atoms with van der Waals surface area (Å²) in [6.45, 7) is 1.65. The summed E-state index contributed by atoms with van der Waals surface area (Å²) in [6.07, 6.45) is -1.44. The average molecular weight is 530 g/mol. The lowest BCUT2D eigenvalue weighted by atomic mass is 9.73. The van der Waals surface area contributed by atoms with Crippen molar-refractivity contribution in [3.8, 4) is 11.5 Å². The summed E-state index contributed by atoms with van der Waals surface area (Å²) in [5.41, 5.74) is 0.329. The molecule has 0 saturated carbocycles. The molecule has 0 spiro atoms. The molecule has 2 atom stereocenters. The Balaban J connectivity index is 0.00000304. The first-order valence-electron chi connectivity index (χ1n) is 10.9. The number of aliphatic hydroxyl groups is 1. The minimum Gasteiger partial charge on any atom is -0.507 e. The first-order valence-corrected chi connectivity index (χ1v) is 11.2. The van der Waals surface area contributed by atoms with Crippen LogP contribution in [-0.4, -0.2) is 38.8 Å². The summed E-state index contributed by atoms with van der Waals surface area (Å²) in [7, 11) is 0. The van der Waals surface area contributed by atoms with Gasteiger partial charge >= 0.3 is 6.09 Å². The zero-order valence-electron chi connectivity index (χ0n) is 18.9. The monoisotopic (exact) mass is 529 g/mol. The Bertz CT molecular complexity index is 1420. The van der Waals surface area contributed by atoms with E-state index in [0.29, 0.717) is 10.7 Å². The van der Waals surface area contributed by atoms with Crippen molar-refractivity contribution in [2.24, 2.45) is 0 Å². The van der Waals surface area contributed by atoms with Gasteiger partial charge in [0.25, 0.3) is 0 Å². The van der Waals surface area contributed by atoms with Gasteiger partial charge < -0.3 is 20.1 Å². The number of benzene rings is 3. The van der Waals surface area contributed by atoms with E-state index in [9.17, 15) is 29.7 Å². The summed E-state index contributed by atoms with van der Waals surface area (Å²) in [4.78, 5) is 38.8. The lowest BCUT2D eigenvalue weighted by Gasteiger charge is -2.38. The molecule has 8 nitrogen and oxygen atoms in total. The van der Waals surface area contributed by atoms with Crippen LogP contribution < -0.4 is 5.32 Å². The highest BCUT2D eigenvalue weighted by atomic mass is 35.5. The number of halogens is 2. The standard InChI is InChI=1S/C26H20ClNO7.ClH/c1-12-10-26(34,35-25(33)28-14-8-6-13(27)7-9-14)11-17-18(12)24(32)20-19(23(17)31)21(29)15-4-2-3-5-16(15)22(20)30;/h2-9,12,31-32,34H,10-11H2,1H3,(H,28,33);1H. The number of fused-ring (bicyclic) bond motifs is 3. The highest BCUT2D eigenvalue weighted by Crippen LogP contribution is 2.50. The van der Waals surface area contributed by atoms with Crippen molar-refractivity contribution in [1.82, 2.24) is 0 Å². The molecule has 0 fully saturated rings. The third kappa shape index (κ3) is 4.07. The topological polar surface area (TPSA) is 133 Å². The molecule has 2 unspecified atom stereocenters. The number of hydrogen-bond acceptors (Lipinski definition) is 7. The van der Waals surface area contributed by atoms with Gasteiger partial charge in [-0.2, -0.15) is 0 Å². The molecule has 3 aromatic rings. The van der Waals surface area contributed by atoms with Crippen molar-refractivity contribution in [2.75, 3.05) is 5.32 Å². The number of amides is 1. The molecular formula is C26H21Cl2NO7. The highest BCUT2D eigenvalue weighted by molar-refractivity contribution is 6.31. The lowest BCUT2D eigenvalue weighted by Crippen LogP contribution is -2.43. The SMILES string of the molecule is CC1CC(O)(OC(=O)Nc2ccc(Cl)cc2)Cc2c(O)c3c(c(O)c21)C(=O)c1ccccc1C3=O.Cl. The van der Waals surface area contributed by atoms with Crippen molar-refractivity contribution in [2.45, 2.75) is 31.5 Å². The molecule has 5 rings (SSSR count). The van der Waals surface area contributed by atoms with E-state index < -0.39 is 47.3 Å². The van der Waals surface area contributed by atoms with Crippen LogP contribution >= 0.6 is 24.0 Å². The van der Waals surface area contributed by atoms with Crippen LogP contribution in [0.3, 0.4) is 0 Å². The van der Waals surface area contributed by atoms with Crippen molar-refractivity contribution in [3.63, 3.8) is 0 Å². The van der Waals surface area contributed by atoms with E-state index in [4.69, 9.17) is 16.3 Å². The molecule has 1 amide bonds. The molecule has 2 aliphatic carbocycles. The third-order valence-electron chi connectivity index (χ3n) is 6.40. The minimum absolute atomic E-state index is 0. The summed E-state index contributed by atoms with van der Waals surface area (Å²) in [6, 6.07) is 12.4. The number of hydrogen-bond donors (Lipinski definition) is 4. The van der Waals surface area contributed by atoms with Gasteiger partial charge in [-0.1, -0.05) is 42.8 Å². The quantitative estimate of drug-likeness (QED) is 0.213. The predicted octanol–water partition coefficient (Wildman–Crippen LogP) is 4.94. The second-order valence-corrected chi connectivity index (χ2v) is 9.23. The maximum Gasteiger partial charge on any atom is 0.414 e. The van der Waals surface area contributed by atoms with Crippen LogP contribution in [0.2, 0.25) is 5.02 Å². The van der Waals surface area contributed by atoms with Gasteiger partial charge in [0.2, 0.25) is 5.79 Å². The van der Waals surface area contributed by atoms with E-state index >= 15 is 0 Å². The zero-order valence-corrected chi connectivity index (χ0v) is 20.4. The number of rotatable bonds is 2. The molecule has 0 saturated heterocycles. The van der Waals surface area contributed by atoms with Crippen LogP contribution in [0.25, 0.3) is 0 Å². The summed E-state index contributed by atoms with van der Waals surface area (Å²) in [5.74, 6) is -4.79. The Morgan fingerprint density at radius 1 is 1.00 bits per heavy atom. The fourth-order valence-corrected chi connectivity index (χ4v) is 5.07. The van der Waals surface area contributed by atoms with Crippen LogP contribution in [0.5, 0.6) is 11.5 Å². The van der Waals surface area contributed by atoms with Gasteiger partial charge in [-0.05, 0) is 30.2 Å². The van der Waals surface area contributed by atoms with Gasteiger partial charge in [-0.25, -0.2) is 4.79 Å². The normalized spacial score (nSPS) is 19.9. The van der Waals surface area contributed by atoms with Gasteiger partial charge in [0.05, 0.1) is 11.1 Å². The van der Waals surface area contributed by atoms with Gasteiger partial charge in [-0.15, -0.1) is 12.4 Å². The maximum absolute atomic E-state index is 13.2. The number of ketones is 2. The van der Waals surface area contributed by atoms with Gasteiger partial charge in [0.15, 0.2) is 11.6 Å². The summed E-state index contributed by atoms with van der Waals surface area (Å²) >= 11 is 5.84. The lowest BCUT2D eigenvalue weighted by molar-refractivity contribution is -0.168. The number of phenols is 2. The Labute approximate surface area is 216 Å². The van der Waals surface area contributed by atoms with Crippen molar-refractivity contribution in [3.05, 3.63) is 86.9 Å². The number of carbonyl (C=O) groups is 3. The van der Waals surface area contributed by atoms with Crippen LogP contribution in [0.1, 0.15) is 62.2 Å². The second kappa shape index (κ2) is 9.13. The average Bonchev–Trinajstić information content (AvgIpc) is 2.80. The summed E-state index contributed by atoms with van der Waals surface area (Å²) < 4.78 is 5.31. The second-order valence-electron chi connectivity index (χ2n) is 8.79. The molecule has 0 radical (unpaired) electrons. The fraction of sp³-hybridized carbons (Fsp3) is 0.192. The zero-order chi connectivity index (χ0) is 25.1. The molecule has 36 heavy (non-hydrogen) atoms. The smallest absolute Gasteiger partial charge is 0.414 e. The number of phenolic OH excluding ortho intramolecular Hbond substituents is 2. The van der Waals surface area contributed by atoms with E-state index in [1.165, 1.54) is 12.1 Å². The van der Waals surface area contributed by atoms with E-state index in [1.54, 1.807) is 43.3 Å². The Morgan fingerprint density at radius 3 is 2.14 bits per heavy atom. The third-order valence-corrected chi connectivity index (χ3v) is 6.66. The van der Waals surface area contributed by atoms with E-state index in [2.05, 4.69) is 5.32 Å². The van der Waals surface area contributed by atoms with Gasteiger partial charge in [0.1, 0.15) is 11.5 Å². The van der Waals surface area contributed by atoms with Gasteiger partial charge in [-0.3, -0.25) is 14.9 Å². The van der Waals surface area contributed by atoms with Gasteiger partial charge in [0, 0.05) is 45.8 Å².